The molecule has 0 atom stereocenters. The number of carbonyl (C=O) groups is 1. The molecular weight excluding hydrogens is 408 g/mol. The van der Waals surface area contributed by atoms with Gasteiger partial charge in [0, 0.05) is 6.20 Å². The van der Waals surface area contributed by atoms with Crippen LogP contribution in [0, 0.1) is 13.8 Å². The Balaban J connectivity index is 1.65. The van der Waals surface area contributed by atoms with Gasteiger partial charge >= 0.3 is 5.97 Å². The van der Waals surface area contributed by atoms with Gasteiger partial charge in [-0.15, -0.1) is 11.3 Å². The van der Waals surface area contributed by atoms with Gasteiger partial charge in [-0.2, -0.15) is 0 Å². The van der Waals surface area contributed by atoms with Crippen molar-refractivity contribution in [3.05, 3.63) is 88.2 Å². The number of thiazole rings is 1. The van der Waals surface area contributed by atoms with Gasteiger partial charge < -0.3 is 9.84 Å². The smallest absolute Gasteiger partial charge is 0.307 e. The number of fused-ring (bicyclic) bond motifs is 1. The van der Waals surface area contributed by atoms with Crippen molar-refractivity contribution in [3.63, 3.8) is 0 Å². The van der Waals surface area contributed by atoms with E-state index in [1.54, 1.807) is 6.20 Å². The minimum absolute atomic E-state index is 0.0875. The molecule has 0 saturated carbocycles. The number of para-hydroxylation sites is 1. The second kappa shape index (κ2) is 9.10. The third kappa shape index (κ3) is 4.98. The summed E-state index contributed by atoms with van der Waals surface area (Å²) in [6.07, 6.45) is 3.57. The van der Waals surface area contributed by atoms with E-state index in [4.69, 9.17) is 4.74 Å². The Morgan fingerprint density at radius 2 is 1.84 bits per heavy atom. The van der Waals surface area contributed by atoms with Crippen LogP contribution in [0.2, 0.25) is 0 Å². The molecule has 156 valence electrons. The number of aliphatic carboxylic acids is 1. The van der Waals surface area contributed by atoms with Crippen molar-refractivity contribution in [2.24, 2.45) is 0 Å². The molecule has 6 heteroatoms. The molecule has 0 amide bonds. The van der Waals surface area contributed by atoms with E-state index in [2.05, 4.69) is 9.97 Å². The zero-order valence-corrected chi connectivity index (χ0v) is 18.1. The Labute approximate surface area is 184 Å². The molecule has 1 N–H and O–H groups in total. The van der Waals surface area contributed by atoms with Crippen LogP contribution in [0.15, 0.2) is 60.8 Å². The highest BCUT2D eigenvalue weighted by molar-refractivity contribution is 7.19. The fourth-order valence-corrected chi connectivity index (χ4v) is 4.47. The van der Waals surface area contributed by atoms with E-state index in [1.807, 2.05) is 74.5 Å². The van der Waals surface area contributed by atoms with Crippen LogP contribution in [0.5, 0.6) is 5.75 Å². The number of aromatic nitrogens is 2. The maximum atomic E-state index is 11.5. The molecule has 0 fully saturated rings. The Hall–Kier alpha value is -3.51. The highest BCUT2D eigenvalue weighted by Crippen LogP contribution is 2.32. The fourth-order valence-electron chi connectivity index (χ4n) is 3.49. The molecule has 0 aliphatic heterocycles. The Morgan fingerprint density at radius 1 is 1.10 bits per heavy atom. The number of ether oxygens (including phenoxy) is 1. The van der Waals surface area contributed by atoms with Crippen molar-refractivity contribution < 1.29 is 14.6 Å². The summed E-state index contributed by atoms with van der Waals surface area (Å²) in [6, 6.07) is 17.6. The lowest BCUT2D eigenvalue weighted by Crippen LogP contribution is -2.01. The summed E-state index contributed by atoms with van der Waals surface area (Å²) in [6.45, 7) is 4.38. The number of carboxylic acids is 1. The average Bonchev–Trinajstić information content (AvgIpc) is 3.17. The zero-order chi connectivity index (χ0) is 21.8. The van der Waals surface area contributed by atoms with Gasteiger partial charge in [-0.05, 0) is 78.6 Å². The third-order valence-electron chi connectivity index (χ3n) is 4.82. The normalized spacial score (nSPS) is 11.6. The Kier molecular flexibility index (Phi) is 6.09. The van der Waals surface area contributed by atoms with Gasteiger partial charge in [0.25, 0.3) is 0 Å². The number of pyridine rings is 1. The second-order valence-electron chi connectivity index (χ2n) is 7.32. The number of benzene rings is 2. The molecule has 2 aromatic carbocycles. The van der Waals surface area contributed by atoms with Crippen LogP contribution >= 0.6 is 11.3 Å². The van der Waals surface area contributed by atoms with Crippen molar-refractivity contribution in [2.75, 3.05) is 0 Å². The molecular formula is C25H22N2O3S. The van der Waals surface area contributed by atoms with Crippen molar-refractivity contribution in [3.8, 4) is 5.75 Å². The topological polar surface area (TPSA) is 72.3 Å². The van der Waals surface area contributed by atoms with E-state index in [9.17, 15) is 9.90 Å². The third-order valence-corrected chi connectivity index (χ3v) is 5.94. The quantitative estimate of drug-likeness (QED) is 0.395. The molecule has 0 radical (unpaired) electrons. The molecule has 0 unspecified atom stereocenters. The molecule has 0 aliphatic carbocycles. The Bertz CT molecular complexity index is 1210. The monoisotopic (exact) mass is 430 g/mol. The highest BCUT2D eigenvalue weighted by atomic mass is 32.1. The largest absolute Gasteiger partial charge is 0.487 e. The van der Waals surface area contributed by atoms with E-state index >= 15 is 0 Å². The summed E-state index contributed by atoms with van der Waals surface area (Å²) >= 11 is 1.51. The fraction of sp³-hybridized carbons (Fsp3) is 0.160. The van der Waals surface area contributed by atoms with Gasteiger partial charge in [0.05, 0.1) is 22.3 Å². The molecule has 4 aromatic rings. The van der Waals surface area contributed by atoms with Crippen LogP contribution in [0.25, 0.3) is 21.9 Å². The molecule has 0 aliphatic rings. The average molecular weight is 431 g/mol. The summed E-state index contributed by atoms with van der Waals surface area (Å²) < 4.78 is 7.06. The van der Waals surface area contributed by atoms with E-state index < -0.39 is 5.97 Å². The summed E-state index contributed by atoms with van der Waals surface area (Å²) in [4.78, 5) is 20.4. The van der Waals surface area contributed by atoms with Crippen molar-refractivity contribution in [1.29, 1.82) is 0 Å². The lowest BCUT2D eigenvalue weighted by Gasteiger charge is -2.13. The maximum absolute atomic E-state index is 11.5. The lowest BCUT2D eigenvalue weighted by atomic mass is 10.0. The number of hydrogen-bond acceptors (Lipinski definition) is 5. The summed E-state index contributed by atoms with van der Waals surface area (Å²) in [5.41, 5.74) is 5.34. The molecule has 5 nitrogen and oxygen atoms in total. The van der Waals surface area contributed by atoms with Crippen LogP contribution < -0.4 is 4.74 Å². The number of hydrogen-bond donors (Lipinski definition) is 1. The molecule has 0 saturated heterocycles. The van der Waals surface area contributed by atoms with Crippen LogP contribution in [-0.4, -0.2) is 21.0 Å². The minimum Gasteiger partial charge on any atom is -0.487 e. The molecule has 0 bridgehead atoms. The number of carboxylic acid groups (broad SMARTS) is 1. The second-order valence-corrected chi connectivity index (χ2v) is 8.35. The van der Waals surface area contributed by atoms with Gasteiger partial charge in [-0.25, -0.2) is 4.98 Å². The standard InChI is InChI=1S/C25H22N2O3S/c1-16-11-18(12-17(2)24(16)30-15-20-7-5-6-10-26-20)13-19(14-23(28)29)25-27-21-8-3-4-9-22(21)31-25/h3-13H,14-15H2,1-2H3,(H,28,29)/b19-13+. The number of rotatable bonds is 7. The maximum Gasteiger partial charge on any atom is 0.307 e. The van der Waals surface area contributed by atoms with Crippen molar-refractivity contribution >= 4 is 39.2 Å². The lowest BCUT2D eigenvalue weighted by molar-refractivity contribution is -0.135. The van der Waals surface area contributed by atoms with E-state index in [-0.39, 0.29) is 6.42 Å². The van der Waals surface area contributed by atoms with E-state index in [0.717, 1.165) is 43.4 Å². The number of aryl methyl sites for hydroxylation is 2. The first-order chi connectivity index (χ1) is 15.0. The first kappa shape index (κ1) is 20.8. The predicted octanol–water partition coefficient (Wildman–Crippen LogP) is 5.90. The summed E-state index contributed by atoms with van der Waals surface area (Å²) in [5.74, 6) is -0.0585. The molecule has 31 heavy (non-hydrogen) atoms. The first-order valence-corrected chi connectivity index (χ1v) is 10.7. The molecule has 4 rings (SSSR count). The van der Waals surface area contributed by atoms with Gasteiger partial charge in [0.1, 0.15) is 17.4 Å². The molecule has 2 heterocycles. The molecule has 0 spiro atoms. The van der Waals surface area contributed by atoms with Crippen LogP contribution in [0.4, 0.5) is 0 Å². The first-order valence-electron chi connectivity index (χ1n) is 9.92. The Morgan fingerprint density at radius 3 is 2.52 bits per heavy atom. The van der Waals surface area contributed by atoms with Gasteiger partial charge in [0.2, 0.25) is 0 Å². The van der Waals surface area contributed by atoms with Crippen molar-refractivity contribution in [1.82, 2.24) is 9.97 Å². The highest BCUT2D eigenvalue weighted by Gasteiger charge is 2.14. The zero-order valence-electron chi connectivity index (χ0n) is 17.3. The van der Waals surface area contributed by atoms with E-state index in [1.165, 1.54) is 11.3 Å². The minimum atomic E-state index is -0.880. The van der Waals surface area contributed by atoms with Crippen LogP contribution in [0.1, 0.15) is 33.8 Å². The molecule has 2 aromatic heterocycles. The van der Waals surface area contributed by atoms with Crippen LogP contribution in [0.3, 0.4) is 0 Å². The SMILES string of the molecule is Cc1cc(/C=C(\CC(=O)O)c2nc3ccccc3s2)cc(C)c1OCc1ccccn1. The van der Waals surface area contributed by atoms with Gasteiger partial charge in [-0.1, -0.05) is 18.2 Å². The number of nitrogens with zero attached hydrogens (tertiary/aromatic N) is 2. The van der Waals surface area contributed by atoms with Crippen LogP contribution in [-0.2, 0) is 11.4 Å². The predicted molar refractivity (Wildman–Crippen MR) is 124 cm³/mol. The summed E-state index contributed by atoms with van der Waals surface area (Å²) in [7, 11) is 0. The van der Waals surface area contributed by atoms with E-state index in [0.29, 0.717) is 12.2 Å². The van der Waals surface area contributed by atoms with Crippen molar-refractivity contribution in [2.45, 2.75) is 26.9 Å². The van der Waals surface area contributed by atoms with Gasteiger partial charge in [-0.3, -0.25) is 9.78 Å². The van der Waals surface area contributed by atoms with Gasteiger partial charge in [0.15, 0.2) is 0 Å². The summed E-state index contributed by atoms with van der Waals surface area (Å²) in [5, 5.41) is 10.2.